The number of sulfonamides is 1. The second kappa shape index (κ2) is 7.80. The Morgan fingerprint density at radius 1 is 1.50 bits per heavy atom. The number of nitrogens with zero attached hydrogens (tertiary/aromatic N) is 3. The van der Waals surface area contributed by atoms with Crippen molar-refractivity contribution < 1.29 is 17.5 Å². The Morgan fingerprint density at radius 3 is 2.59 bits per heavy atom. The first-order valence-electron chi connectivity index (χ1n) is 6.92. The van der Waals surface area contributed by atoms with Crippen molar-refractivity contribution in [3.63, 3.8) is 0 Å². The van der Waals surface area contributed by atoms with Crippen LogP contribution >= 0.6 is 0 Å². The lowest BCUT2D eigenvalue weighted by Crippen LogP contribution is -2.52. The van der Waals surface area contributed by atoms with Gasteiger partial charge in [0, 0.05) is 13.1 Å². The summed E-state index contributed by atoms with van der Waals surface area (Å²) in [7, 11) is -3.73. The van der Waals surface area contributed by atoms with Crippen LogP contribution in [0.3, 0.4) is 0 Å². The van der Waals surface area contributed by atoms with Crippen LogP contribution in [0, 0.1) is 0 Å². The average molecular weight is 334 g/mol. The third-order valence-electron chi connectivity index (χ3n) is 3.09. The molecule has 1 heterocycles. The van der Waals surface area contributed by atoms with Gasteiger partial charge in [0.15, 0.2) is 0 Å². The quantitative estimate of drug-likeness (QED) is 0.613. The van der Waals surface area contributed by atoms with E-state index in [9.17, 15) is 12.8 Å². The number of likely N-dealkylation sites (tertiary alicyclic amines) is 1. The molecule has 126 valence electrons. The van der Waals surface area contributed by atoms with Gasteiger partial charge >= 0.3 is 0 Å². The molecule has 0 amide bonds. The zero-order valence-electron chi connectivity index (χ0n) is 13.1. The van der Waals surface area contributed by atoms with Gasteiger partial charge in [-0.05, 0) is 33.9 Å². The van der Waals surface area contributed by atoms with Crippen LogP contribution in [0.1, 0.15) is 27.2 Å². The minimum Gasteiger partial charge on any atom is -0.374 e. The highest BCUT2D eigenvalue weighted by Crippen LogP contribution is 2.20. The van der Waals surface area contributed by atoms with Crippen LogP contribution in [-0.4, -0.2) is 56.5 Å². The Balaban J connectivity index is 3.03. The molecule has 1 aliphatic heterocycles. The summed E-state index contributed by atoms with van der Waals surface area (Å²) in [6, 6.07) is 0. The molecule has 0 aromatic rings. The Labute approximate surface area is 130 Å². The van der Waals surface area contributed by atoms with Crippen LogP contribution in [0.15, 0.2) is 22.0 Å². The molecule has 0 saturated carbocycles. The number of ether oxygens (including phenoxy) is 1. The summed E-state index contributed by atoms with van der Waals surface area (Å²) in [5.74, 6) is -0.348. The van der Waals surface area contributed by atoms with Gasteiger partial charge in [0.25, 0.3) is 0 Å². The summed E-state index contributed by atoms with van der Waals surface area (Å²) < 4.78 is 41.9. The fourth-order valence-electron chi connectivity index (χ4n) is 2.26. The van der Waals surface area contributed by atoms with Crippen molar-refractivity contribution in [1.29, 1.82) is 0 Å². The van der Waals surface area contributed by atoms with Gasteiger partial charge in [0.05, 0.1) is 23.7 Å². The van der Waals surface area contributed by atoms with Crippen molar-refractivity contribution >= 4 is 22.7 Å². The number of hydrogen-bond donors (Lipinski definition) is 1. The van der Waals surface area contributed by atoms with Crippen LogP contribution in [0.5, 0.6) is 0 Å². The molecule has 1 aliphatic rings. The highest BCUT2D eigenvalue weighted by atomic mass is 32.2. The molecule has 0 unspecified atom stereocenters. The van der Waals surface area contributed by atoms with E-state index in [1.807, 2.05) is 13.8 Å². The number of guanidine groups is 1. The largest absolute Gasteiger partial charge is 0.374 e. The molecule has 1 fully saturated rings. The summed E-state index contributed by atoms with van der Waals surface area (Å²) >= 11 is 0. The first-order valence-corrected chi connectivity index (χ1v) is 8.53. The number of halogens is 1. The predicted octanol–water partition coefficient (Wildman–Crippen LogP) is 1.03. The minimum absolute atomic E-state index is 0.0591. The van der Waals surface area contributed by atoms with Crippen LogP contribution in [0.25, 0.3) is 0 Å². The molecule has 0 aromatic heterocycles. The van der Waals surface area contributed by atoms with E-state index in [0.717, 1.165) is 6.20 Å². The summed E-state index contributed by atoms with van der Waals surface area (Å²) in [5.41, 5.74) is 0. The molecule has 0 aromatic carbocycles. The van der Waals surface area contributed by atoms with Crippen LogP contribution in [-0.2, 0) is 14.8 Å². The summed E-state index contributed by atoms with van der Waals surface area (Å²) in [5, 5.41) is 4.46. The van der Waals surface area contributed by atoms with E-state index in [4.69, 9.17) is 9.88 Å². The number of rotatable bonds is 4. The van der Waals surface area contributed by atoms with Crippen molar-refractivity contribution in [3.8, 4) is 0 Å². The number of hydrogen-bond acceptors (Lipinski definition) is 4. The van der Waals surface area contributed by atoms with Gasteiger partial charge in [-0.15, -0.1) is 0 Å². The molecule has 0 spiro atoms. The number of piperidine rings is 1. The zero-order chi connectivity index (χ0) is 16.9. The minimum atomic E-state index is -3.73. The first-order chi connectivity index (χ1) is 10.1. The molecule has 2 N–H and O–H groups in total. The molecule has 2 atom stereocenters. The fraction of sp³-hybridized carbons (Fsp3) is 0.692. The summed E-state index contributed by atoms with van der Waals surface area (Å²) in [6.07, 6.45) is 0.911. The van der Waals surface area contributed by atoms with E-state index in [0.29, 0.717) is 13.0 Å². The zero-order valence-corrected chi connectivity index (χ0v) is 13.9. The van der Waals surface area contributed by atoms with E-state index in [-0.39, 0.29) is 24.7 Å². The maximum Gasteiger partial charge on any atom is 0.224 e. The molecule has 9 heteroatoms. The Bertz CT molecular complexity index is 556. The van der Waals surface area contributed by atoms with Gasteiger partial charge < -0.3 is 9.64 Å². The van der Waals surface area contributed by atoms with E-state index in [2.05, 4.69) is 16.7 Å². The lowest BCUT2D eigenvalue weighted by atomic mass is 10.1. The van der Waals surface area contributed by atoms with Gasteiger partial charge in [0.1, 0.15) is 5.83 Å². The molecular formula is C13H23FN4O3S. The third-order valence-corrected chi connectivity index (χ3v) is 4.36. The van der Waals surface area contributed by atoms with Gasteiger partial charge in [-0.3, -0.25) is 0 Å². The van der Waals surface area contributed by atoms with Crippen LogP contribution in [0.2, 0.25) is 0 Å². The SMILES string of the molecule is C=NC(=N/C=C(\C)F)N1C[C@H](OC(C)C)C[C@@H](S(N)(=O)=O)C1. The molecule has 1 rings (SSSR count). The summed E-state index contributed by atoms with van der Waals surface area (Å²) in [4.78, 5) is 9.21. The van der Waals surface area contributed by atoms with Crippen molar-refractivity contribution in [3.05, 3.63) is 12.0 Å². The highest BCUT2D eigenvalue weighted by molar-refractivity contribution is 7.89. The smallest absolute Gasteiger partial charge is 0.224 e. The third kappa shape index (κ3) is 5.82. The molecular weight excluding hydrogens is 311 g/mol. The Morgan fingerprint density at radius 2 is 2.14 bits per heavy atom. The van der Waals surface area contributed by atoms with Crippen molar-refractivity contribution in [2.45, 2.75) is 44.6 Å². The lowest BCUT2D eigenvalue weighted by molar-refractivity contribution is -0.0198. The predicted molar refractivity (Wildman–Crippen MR) is 84.9 cm³/mol. The number of aliphatic imine (C=N–C) groups is 2. The van der Waals surface area contributed by atoms with Crippen LogP contribution < -0.4 is 5.14 Å². The molecule has 7 nitrogen and oxygen atoms in total. The number of primary sulfonamides is 1. The fourth-order valence-corrected chi connectivity index (χ4v) is 3.13. The molecule has 0 radical (unpaired) electrons. The standard InChI is InChI=1S/C13H23FN4O3S/c1-9(2)21-11-5-12(22(15,19)20)8-18(7-11)13(16-4)17-6-10(3)14/h6,9,11-12H,4-5,7-8H2,1-3H3,(H2,15,19,20)/b10-6+,17-13?/t11-,12-/m1/s1. The second-order valence-corrected chi connectivity index (χ2v) is 7.31. The lowest BCUT2D eigenvalue weighted by Gasteiger charge is -2.37. The molecule has 0 aliphatic carbocycles. The Kier molecular flexibility index (Phi) is 6.64. The van der Waals surface area contributed by atoms with Crippen molar-refractivity contribution in [2.24, 2.45) is 15.1 Å². The van der Waals surface area contributed by atoms with Gasteiger partial charge in [0.2, 0.25) is 16.0 Å². The topological polar surface area (TPSA) is 97.3 Å². The van der Waals surface area contributed by atoms with E-state index >= 15 is 0 Å². The van der Waals surface area contributed by atoms with E-state index < -0.39 is 21.1 Å². The highest BCUT2D eigenvalue weighted by Gasteiger charge is 2.35. The molecule has 0 bridgehead atoms. The molecule has 22 heavy (non-hydrogen) atoms. The van der Waals surface area contributed by atoms with Gasteiger partial charge in [-0.1, -0.05) is 0 Å². The average Bonchev–Trinajstić information content (AvgIpc) is 2.37. The first kappa shape index (κ1) is 18.7. The van der Waals surface area contributed by atoms with Gasteiger partial charge in [-0.2, -0.15) is 0 Å². The number of nitrogens with two attached hydrogens (primary N) is 1. The monoisotopic (exact) mass is 334 g/mol. The van der Waals surface area contributed by atoms with E-state index in [1.165, 1.54) is 6.92 Å². The second-order valence-electron chi connectivity index (χ2n) is 5.46. The maximum atomic E-state index is 12.8. The molecule has 1 saturated heterocycles. The maximum absolute atomic E-state index is 12.8. The van der Waals surface area contributed by atoms with E-state index in [1.54, 1.807) is 4.90 Å². The van der Waals surface area contributed by atoms with Gasteiger partial charge in [-0.25, -0.2) is 27.9 Å². The van der Waals surface area contributed by atoms with Crippen molar-refractivity contribution in [2.75, 3.05) is 13.1 Å². The van der Waals surface area contributed by atoms with Crippen molar-refractivity contribution in [1.82, 2.24) is 4.90 Å². The normalized spacial score (nSPS) is 24.7. The summed E-state index contributed by atoms with van der Waals surface area (Å²) in [6.45, 7) is 8.87. The number of allylic oxidation sites excluding steroid dienone is 1. The van der Waals surface area contributed by atoms with Crippen LogP contribution in [0.4, 0.5) is 4.39 Å². The Hall–Kier alpha value is -1.32.